The van der Waals surface area contributed by atoms with E-state index >= 15 is 0 Å². The minimum atomic E-state index is -0.304. The lowest BCUT2D eigenvalue weighted by Gasteiger charge is -2.10. The molecule has 3 rings (SSSR count). The normalized spacial score (nSPS) is 12.1. The lowest BCUT2D eigenvalue weighted by Crippen LogP contribution is -2.40. The van der Waals surface area contributed by atoms with E-state index in [4.69, 9.17) is 0 Å². The molecule has 0 saturated heterocycles. The largest absolute Gasteiger partial charge is 0.332 e. The van der Waals surface area contributed by atoms with Crippen molar-refractivity contribution in [3.8, 4) is 0 Å². The Morgan fingerprint density at radius 3 is 2.36 bits per heavy atom. The van der Waals surface area contributed by atoms with E-state index in [2.05, 4.69) is 23.4 Å². The number of fused-ring (bicyclic) bond motifs is 3. The molecule has 3 aromatic heterocycles. The smallest absolute Gasteiger partial charge is 0.314 e. The van der Waals surface area contributed by atoms with Crippen molar-refractivity contribution in [2.45, 2.75) is 60.5 Å². The Labute approximate surface area is 146 Å². The fourth-order valence-corrected chi connectivity index (χ4v) is 3.43. The molecule has 0 aliphatic heterocycles. The molecule has 0 radical (unpaired) electrons. The number of unbranched alkanes of at least 4 members (excludes halogenated alkanes) is 1. The molecule has 0 N–H and O–H groups in total. The van der Waals surface area contributed by atoms with E-state index in [1.165, 1.54) is 9.13 Å². The average molecular weight is 345 g/mol. The maximum absolute atomic E-state index is 13.1. The molecule has 0 atom stereocenters. The summed E-state index contributed by atoms with van der Waals surface area (Å²) >= 11 is 0. The molecule has 3 heterocycles. The molecule has 7 heteroatoms. The van der Waals surface area contributed by atoms with Gasteiger partial charge in [-0.3, -0.25) is 18.3 Å². The van der Waals surface area contributed by atoms with E-state index in [1.807, 2.05) is 25.2 Å². The second kappa shape index (κ2) is 6.20. The van der Waals surface area contributed by atoms with Crippen molar-refractivity contribution in [1.29, 1.82) is 0 Å². The van der Waals surface area contributed by atoms with Crippen LogP contribution >= 0.6 is 0 Å². The van der Waals surface area contributed by atoms with Gasteiger partial charge >= 0.3 is 5.69 Å². The quantitative estimate of drug-likeness (QED) is 0.712. The van der Waals surface area contributed by atoms with Crippen LogP contribution in [0.15, 0.2) is 9.59 Å². The lowest BCUT2D eigenvalue weighted by atomic mass is 10.2. The van der Waals surface area contributed by atoms with Crippen LogP contribution in [0.25, 0.3) is 16.9 Å². The SMILES string of the molecule is CCCCn1c(C)c(C)n2c3c(=O)n(CC(C)C)c(=O)n(C)c3nc12. The van der Waals surface area contributed by atoms with Gasteiger partial charge in [-0.2, -0.15) is 4.98 Å². The zero-order valence-electron chi connectivity index (χ0n) is 16.0. The highest BCUT2D eigenvalue weighted by molar-refractivity contribution is 5.76. The van der Waals surface area contributed by atoms with E-state index in [-0.39, 0.29) is 17.2 Å². The summed E-state index contributed by atoms with van der Waals surface area (Å²) in [5.41, 5.74) is 2.50. The fraction of sp³-hybridized carbons (Fsp3) is 0.611. The van der Waals surface area contributed by atoms with Gasteiger partial charge in [-0.25, -0.2) is 4.79 Å². The summed E-state index contributed by atoms with van der Waals surface area (Å²) in [5.74, 6) is 0.955. The Morgan fingerprint density at radius 1 is 1.08 bits per heavy atom. The average Bonchev–Trinajstić information content (AvgIpc) is 3.05. The Hall–Kier alpha value is -2.31. The lowest BCUT2D eigenvalue weighted by molar-refractivity contribution is 0.484. The van der Waals surface area contributed by atoms with Gasteiger partial charge in [-0.05, 0) is 26.2 Å². The number of nitrogens with zero attached hydrogens (tertiary/aromatic N) is 5. The third-order valence-electron chi connectivity index (χ3n) is 4.91. The summed E-state index contributed by atoms with van der Waals surface area (Å²) in [4.78, 5) is 30.4. The maximum Gasteiger partial charge on any atom is 0.332 e. The molecule has 0 amide bonds. The van der Waals surface area contributed by atoms with Crippen molar-refractivity contribution in [1.82, 2.24) is 23.1 Å². The van der Waals surface area contributed by atoms with E-state index in [9.17, 15) is 9.59 Å². The number of aromatic nitrogens is 5. The summed E-state index contributed by atoms with van der Waals surface area (Å²) in [6.45, 7) is 11.5. The van der Waals surface area contributed by atoms with E-state index < -0.39 is 0 Å². The minimum Gasteiger partial charge on any atom is -0.314 e. The molecule has 0 saturated carbocycles. The molecular weight excluding hydrogens is 318 g/mol. The van der Waals surface area contributed by atoms with Crippen LogP contribution in [0.4, 0.5) is 0 Å². The topological polar surface area (TPSA) is 66.2 Å². The van der Waals surface area contributed by atoms with Crippen LogP contribution in [0.3, 0.4) is 0 Å². The van der Waals surface area contributed by atoms with Crippen molar-refractivity contribution in [2.75, 3.05) is 0 Å². The van der Waals surface area contributed by atoms with Crippen molar-refractivity contribution < 1.29 is 0 Å². The van der Waals surface area contributed by atoms with Crippen molar-refractivity contribution >= 4 is 16.9 Å². The van der Waals surface area contributed by atoms with Crippen LogP contribution in [0.2, 0.25) is 0 Å². The molecule has 0 aliphatic rings. The highest BCUT2D eigenvalue weighted by atomic mass is 16.2. The molecule has 0 aliphatic carbocycles. The van der Waals surface area contributed by atoms with Crippen LogP contribution in [0, 0.1) is 19.8 Å². The molecule has 0 fully saturated rings. The Balaban J connectivity index is 2.44. The van der Waals surface area contributed by atoms with Crippen molar-refractivity contribution in [2.24, 2.45) is 13.0 Å². The molecule has 3 aromatic rings. The number of hydrogen-bond donors (Lipinski definition) is 0. The van der Waals surface area contributed by atoms with E-state index in [0.29, 0.717) is 17.7 Å². The third-order valence-corrected chi connectivity index (χ3v) is 4.91. The van der Waals surface area contributed by atoms with Gasteiger partial charge in [0.05, 0.1) is 0 Å². The highest BCUT2D eigenvalue weighted by Gasteiger charge is 2.22. The molecule has 25 heavy (non-hydrogen) atoms. The summed E-state index contributed by atoms with van der Waals surface area (Å²) in [6, 6.07) is 0. The van der Waals surface area contributed by atoms with E-state index in [0.717, 1.165) is 36.6 Å². The van der Waals surface area contributed by atoms with Gasteiger partial charge in [-0.1, -0.05) is 27.2 Å². The Bertz CT molecular complexity index is 1060. The fourth-order valence-electron chi connectivity index (χ4n) is 3.43. The number of imidazole rings is 2. The predicted molar refractivity (Wildman–Crippen MR) is 99.4 cm³/mol. The molecule has 0 spiro atoms. The second-order valence-electron chi connectivity index (χ2n) is 7.25. The standard InChI is InChI=1S/C18H27N5O2/c1-7-8-9-21-12(4)13(5)23-14-15(19-17(21)23)20(6)18(25)22(16(14)24)10-11(2)3/h11H,7-10H2,1-6H3. The summed E-state index contributed by atoms with van der Waals surface area (Å²) in [5, 5.41) is 0. The second-order valence-corrected chi connectivity index (χ2v) is 7.25. The van der Waals surface area contributed by atoms with Gasteiger partial charge in [0, 0.05) is 31.5 Å². The van der Waals surface area contributed by atoms with Crippen LogP contribution in [-0.2, 0) is 20.1 Å². The molecular formula is C18H27N5O2. The monoisotopic (exact) mass is 345 g/mol. The van der Waals surface area contributed by atoms with Gasteiger partial charge in [0.2, 0.25) is 5.78 Å². The summed E-state index contributed by atoms with van der Waals surface area (Å²) < 4.78 is 6.89. The zero-order chi connectivity index (χ0) is 18.5. The van der Waals surface area contributed by atoms with Gasteiger partial charge in [0.1, 0.15) is 0 Å². The molecule has 0 unspecified atom stereocenters. The first-order valence-corrected chi connectivity index (χ1v) is 8.97. The molecule has 136 valence electrons. The van der Waals surface area contributed by atoms with Gasteiger partial charge in [-0.15, -0.1) is 0 Å². The Morgan fingerprint density at radius 2 is 1.76 bits per heavy atom. The number of aryl methyl sites for hydroxylation is 3. The van der Waals surface area contributed by atoms with Gasteiger partial charge < -0.3 is 4.57 Å². The molecule has 7 nitrogen and oxygen atoms in total. The first-order chi connectivity index (χ1) is 11.8. The van der Waals surface area contributed by atoms with Crippen molar-refractivity contribution in [3.05, 3.63) is 32.2 Å². The first-order valence-electron chi connectivity index (χ1n) is 8.97. The van der Waals surface area contributed by atoms with Crippen LogP contribution in [0.5, 0.6) is 0 Å². The summed E-state index contributed by atoms with van der Waals surface area (Å²) in [6.07, 6.45) is 2.13. The van der Waals surface area contributed by atoms with Gasteiger partial charge in [0.15, 0.2) is 11.2 Å². The summed E-state index contributed by atoms with van der Waals surface area (Å²) in [7, 11) is 1.69. The van der Waals surface area contributed by atoms with Crippen LogP contribution < -0.4 is 11.2 Å². The van der Waals surface area contributed by atoms with Gasteiger partial charge in [0.25, 0.3) is 5.56 Å². The highest BCUT2D eigenvalue weighted by Crippen LogP contribution is 2.21. The molecule has 0 aromatic carbocycles. The van der Waals surface area contributed by atoms with Crippen LogP contribution in [0.1, 0.15) is 45.0 Å². The zero-order valence-corrected chi connectivity index (χ0v) is 16.0. The maximum atomic E-state index is 13.1. The first kappa shape index (κ1) is 17.5. The number of hydrogen-bond acceptors (Lipinski definition) is 3. The predicted octanol–water partition coefficient (Wildman–Crippen LogP) is 2.22. The molecule has 0 bridgehead atoms. The van der Waals surface area contributed by atoms with E-state index in [1.54, 1.807) is 7.05 Å². The third kappa shape index (κ3) is 2.53. The van der Waals surface area contributed by atoms with Crippen molar-refractivity contribution in [3.63, 3.8) is 0 Å². The Kier molecular flexibility index (Phi) is 4.34. The minimum absolute atomic E-state index is 0.211. The number of rotatable bonds is 5. The van der Waals surface area contributed by atoms with Crippen LogP contribution in [-0.4, -0.2) is 23.1 Å².